The molecular formula is C17H13Cl2N3O5S3. The van der Waals surface area contributed by atoms with E-state index in [4.69, 9.17) is 23.2 Å². The van der Waals surface area contributed by atoms with Gasteiger partial charge in [-0.05, 0) is 18.2 Å². The predicted molar refractivity (Wildman–Crippen MR) is 117 cm³/mol. The molecule has 0 atom stereocenters. The Morgan fingerprint density at radius 1 is 1.07 bits per heavy atom. The zero-order chi connectivity index (χ0) is 21.6. The lowest BCUT2D eigenvalue weighted by molar-refractivity contribution is -0.384. The minimum absolute atomic E-state index is 0.0769. The van der Waals surface area contributed by atoms with Gasteiger partial charge in [-0.2, -0.15) is 4.31 Å². The van der Waals surface area contributed by atoms with E-state index in [-0.39, 0.29) is 51.9 Å². The lowest BCUT2D eigenvalue weighted by Crippen LogP contribution is -2.50. The summed E-state index contributed by atoms with van der Waals surface area (Å²) in [6.45, 7) is 0.721. The number of carbonyl (C=O) groups excluding carboxylic acids is 1. The van der Waals surface area contributed by atoms with E-state index in [1.54, 1.807) is 4.90 Å². The number of nitro groups is 1. The molecule has 1 fully saturated rings. The van der Waals surface area contributed by atoms with Gasteiger partial charge in [0.2, 0.25) is 0 Å². The molecule has 0 bridgehead atoms. The number of nitrogens with zero attached hydrogens (tertiary/aromatic N) is 3. The fraction of sp³-hybridized carbons (Fsp3) is 0.235. The summed E-state index contributed by atoms with van der Waals surface area (Å²) in [5, 5.41) is 11.8. The number of rotatable bonds is 4. The van der Waals surface area contributed by atoms with Crippen LogP contribution in [0.15, 0.2) is 34.5 Å². The van der Waals surface area contributed by atoms with Crippen LogP contribution in [-0.4, -0.2) is 54.6 Å². The molecule has 0 unspecified atom stereocenters. The van der Waals surface area contributed by atoms with E-state index >= 15 is 0 Å². The summed E-state index contributed by atoms with van der Waals surface area (Å²) >= 11 is 14.3. The third kappa shape index (κ3) is 3.81. The smallest absolute Gasteiger partial charge is 0.270 e. The fourth-order valence-electron chi connectivity index (χ4n) is 3.14. The Labute approximate surface area is 189 Å². The van der Waals surface area contributed by atoms with Gasteiger partial charge in [0.1, 0.15) is 9.09 Å². The second kappa shape index (κ2) is 8.06. The number of halogens is 2. The Hall–Kier alpha value is -1.76. The van der Waals surface area contributed by atoms with Crippen LogP contribution >= 0.6 is 45.9 Å². The van der Waals surface area contributed by atoms with Gasteiger partial charge in [0.25, 0.3) is 21.6 Å². The summed E-state index contributed by atoms with van der Waals surface area (Å²) in [4.78, 5) is 25.3. The summed E-state index contributed by atoms with van der Waals surface area (Å²) in [6, 6.07) is 7.26. The molecule has 1 aromatic carbocycles. The Morgan fingerprint density at radius 2 is 1.77 bits per heavy atom. The van der Waals surface area contributed by atoms with Crippen LogP contribution in [0.1, 0.15) is 9.67 Å². The maximum atomic E-state index is 13.0. The lowest BCUT2D eigenvalue weighted by atomic mass is 10.2. The Balaban J connectivity index is 1.52. The summed E-state index contributed by atoms with van der Waals surface area (Å²) in [5.41, 5.74) is -0.0769. The quantitative estimate of drug-likeness (QED) is 0.388. The normalized spacial score (nSPS) is 15.6. The number of amides is 1. The molecule has 1 amide bonds. The zero-order valence-electron chi connectivity index (χ0n) is 15.1. The van der Waals surface area contributed by atoms with Crippen molar-refractivity contribution in [1.29, 1.82) is 0 Å². The van der Waals surface area contributed by atoms with Gasteiger partial charge in [0, 0.05) is 48.4 Å². The first-order valence-electron chi connectivity index (χ1n) is 8.59. The zero-order valence-corrected chi connectivity index (χ0v) is 19.0. The first kappa shape index (κ1) is 21.5. The van der Waals surface area contributed by atoms with Crippen LogP contribution in [0.2, 0.25) is 9.36 Å². The van der Waals surface area contributed by atoms with Crippen molar-refractivity contribution in [3.8, 4) is 0 Å². The fourth-order valence-corrected chi connectivity index (χ4v) is 7.72. The van der Waals surface area contributed by atoms with Crippen molar-refractivity contribution in [1.82, 2.24) is 9.21 Å². The van der Waals surface area contributed by atoms with Crippen molar-refractivity contribution in [2.75, 3.05) is 26.2 Å². The highest BCUT2D eigenvalue weighted by atomic mass is 35.5. The first-order chi connectivity index (χ1) is 14.2. The minimum Gasteiger partial charge on any atom is -0.335 e. The molecule has 158 valence electrons. The Bertz CT molecular complexity index is 1260. The van der Waals surface area contributed by atoms with Crippen LogP contribution in [0.4, 0.5) is 5.69 Å². The molecular weight excluding hydrogens is 493 g/mol. The molecule has 0 spiro atoms. The van der Waals surface area contributed by atoms with Crippen LogP contribution in [-0.2, 0) is 10.0 Å². The van der Waals surface area contributed by atoms with E-state index in [0.717, 1.165) is 22.7 Å². The monoisotopic (exact) mass is 505 g/mol. The highest BCUT2D eigenvalue weighted by molar-refractivity contribution is 7.91. The van der Waals surface area contributed by atoms with E-state index < -0.39 is 14.9 Å². The number of nitro benzene ring substituents is 1. The number of hydrogen-bond acceptors (Lipinski definition) is 7. The van der Waals surface area contributed by atoms with E-state index in [2.05, 4.69) is 0 Å². The van der Waals surface area contributed by atoms with Gasteiger partial charge < -0.3 is 4.90 Å². The van der Waals surface area contributed by atoms with E-state index in [1.807, 2.05) is 0 Å². The van der Waals surface area contributed by atoms with Gasteiger partial charge >= 0.3 is 0 Å². The van der Waals surface area contributed by atoms with Crippen molar-refractivity contribution in [2.24, 2.45) is 0 Å². The van der Waals surface area contributed by atoms with Gasteiger partial charge in [-0.25, -0.2) is 8.42 Å². The molecule has 8 nitrogen and oxygen atoms in total. The molecule has 3 heterocycles. The number of fused-ring (bicyclic) bond motifs is 1. The van der Waals surface area contributed by atoms with Gasteiger partial charge in [0.05, 0.1) is 14.3 Å². The maximum absolute atomic E-state index is 13.0. The van der Waals surface area contributed by atoms with Crippen LogP contribution < -0.4 is 0 Å². The summed E-state index contributed by atoms with van der Waals surface area (Å²) in [6.07, 6.45) is 0. The van der Waals surface area contributed by atoms with Crippen molar-refractivity contribution < 1.29 is 18.1 Å². The SMILES string of the molecule is O=C(c1sc2cc([N+](=O)[O-])ccc2c1Cl)N1CCN(S(=O)(=O)c2ccc(Cl)s2)CC1. The summed E-state index contributed by atoms with van der Waals surface area (Å²) < 4.78 is 27.8. The van der Waals surface area contributed by atoms with Gasteiger partial charge in [-0.1, -0.05) is 23.2 Å². The maximum Gasteiger partial charge on any atom is 0.270 e. The van der Waals surface area contributed by atoms with Gasteiger partial charge in [-0.15, -0.1) is 22.7 Å². The van der Waals surface area contributed by atoms with Gasteiger partial charge in [-0.3, -0.25) is 14.9 Å². The van der Waals surface area contributed by atoms with Crippen LogP contribution in [0, 0.1) is 10.1 Å². The van der Waals surface area contributed by atoms with E-state index in [0.29, 0.717) is 14.4 Å². The molecule has 0 radical (unpaired) electrons. The molecule has 30 heavy (non-hydrogen) atoms. The molecule has 2 aromatic heterocycles. The third-order valence-electron chi connectivity index (χ3n) is 4.69. The number of hydrogen-bond donors (Lipinski definition) is 0. The van der Waals surface area contributed by atoms with Crippen LogP contribution in [0.25, 0.3) is 10.1 Å². The summed E-state index contributed by atoms with van der Waals surface area (Å²) in [7, 11) is -3.65. The van der Waals surface area contributed by atoms with Crippen molar-refractivity contribution >= 4 is 77.6 Å². The molecule has 1 aliphatic rings. The number of thiophene rings is 2. The number of sulfonamides is 1. The number of piperazine rings is 1. The first-order valence-corrected chi connectivity index (χ1v) is 12.4. The highest BCUT2D eigenvalue weighted by Gasteiger charge is 2.32. The summed E-state index contributed by atoms with van der Waals surface area (Å²) in [5.74, 6) is -0.319. The molecule has 0 saturated carbocycles. The topological polar surface area (TPSA) is 101 Å². The van der Waals surface area contributed by atoms with Crippen molar-refractivity contribution in [3.05, 3.63) is 54.7 Å². The third-order valence-corrected chi connectivity index (χ3v) is 9.93. The molecule has 13 heteroatoms. The Morgan fingerprint density at radius 3 is 2.37 bits per heavy atom. The molecule has 1 aliphatic heterocycles. The van der Waals surface area contributed by atoms with Crippen molar-refractivity contribution in [3.63, 3.8) is 0 Å². The minimum atomic E-state index is -3.65. The second-order valence-corrected chi connectivity index (χ2v) is 11.7. The number of carbonyl (C=O) groups is 1. The molecule has 4 rings (SSSR count). The van der Waals surface area contributed by atoms with Crippen LogP contribution in [0.3, 0.4) is 0 Å². The molecule has 0 aliphatic carbocycles. The average molecular weight is 506 g/mol. The van der Waals surface area contributed by atoms with E-state index in [9.17, 15) is 23.3 Å². The van der Waals surface area contributed by atoms with Gasteiger partial charge in [0.15, 0.2) is 0 Å². The van der Waals surface area contributed by atoms with Crippen LogP contribution in [0.5, 0.6) is 0 Å². The van der Waals surface area contributed by atoms with Crippen molar-refractivity contribution in [2.45, 2.75) is 4.21 Å². The lowest BCUT2D eigenvalue weighted by Gasteiger charge is -2.33. The molecule has 0 N–H and O–H groups in total. The molecule has 1 saturated heterocycles. The predicted octanol–water partition coefficient (Wildman–Crippen LogP) is 4.32. The van der Waals surface area contributed by atoms with E-state index in [1.165, 1.54) is 34.6 Å². The Kier molecular flexibility index (Phi) is 5.77. The number of benzene rings is 1. The number of non-ortho nitro benzene ring substituents is 1. The standard InChI is InChI=1S/C17H13Cl2N3O5S3/c18-13-3-4-14(29-13)30(26,27)21-7-5-20(6-8-21)17(23)16-15(19)11-2-1-10(22(24)25)9-12(11)28-16/h1-4,9H,5-8H2. The second-order valence-electron chi connectivity index (χ2n) is 6.44. The highest BCUT2D eigenvalue weighted by Crippen LogP contribution is 2.38. The molecule has 3 aromatic rings. The average Bonchev–Trinajstić information content (AvgIpc) is 3.31. The largest absolute Gasteiger partial charge is 0.335 e.